The SMILES string of the molecule is O=C(NC1CCS(=O)CC1)c1cc([N+](=O)[O-])cnc1Cl. The molecular weight excluding hydrogens is 306 g/mol. The van der Waals surface area contributed by atoms with Crippen LogP contribution in [0.1, 0.15) is 23.2 Å². The zero-order valence-electron chi connectivity index (χ0n) is 10.4. The molecule has 1 aromatic heterocycles. The van der Waals surface area contributed by atoms with E-state index in [2.05, 4.69) is 10.3 Å². The van der Waals surface area contributed by atoms with Crippen LogP contribution in [0.4, 0.5) is 5.69 Å². The van der Waals surface area contributed by atoms with Gasteiger partial charge in [-0.05, 0) is 12.8 Å². The van der Waals surface area contributed by atoms with E-state index in [0.717, 1.165) is 12.3 Å². The average molecular weight is 318 g/mol. The molecule has 0 spiro atoms. The number of rotatable bonds is 3. The van der Waals surface area contributed by atoms with Crippen LogP contribution < -0.4 is 5.32 Å². The van der Waals surface area contributed by atoms with Crippen LogP contribution in [0.15, 0.2) is 12.3 Å². The van der Waals surface area contributed by atoms with E-state index >= 15 is 0 Å². The maximum Gasteiger partial charge on any atom is 0.288 e. The molecule has 9 heteroatoms. The Hall–Kier alpha value is -1.54. The highest BCUT2D eigenvalue weighted by molar-refractivity contribution is 7.85. The van der Waals surface area contributed by atoms with E-state index in [4.69, 9.17) is 11.6 Å². The van der Waals surface area contributed by atoms with Crippen molar-refractivity contribution in [3.63, 3.8) is 0 Å². The lowest BCUT2D eigenvalue weighted by Gasteiger charge is -2.22. The molecule has 1 saturated heterocycles. The minimum Gasteiger partial charge on any atom is -0.349 e. The number of pyridine rings is 1. The number of nitrogens with zero attached hydrogens (tertiary/aromatic N) is 2. The molecule has 0 aromatic carbocycles. The molecule has 1 aromatic rings. The molecule has 1 aliphatic rings. The van der Waals surface area contributed by atoms with Crippen LogP contribution in [-0.2, 0) is 10.8 Å². The first-order valence-corrected chi connectivity index (χ1v) is 7.79. The first-order chi connectivity index (χ1) is 9.47. The highest BCUT2D eigenvalue weighted by Crippen LogP contribution is 2.20. The Morgan fingerprint density at radius 3 is 2.75 bits per heavy atom. The van der Waals surface area contributed by atoms with Gasteiger partial charge in [0.05, 0.1) is 10.5 Å². The normalized spacial score (nSPS) is 22.2. The molecule has 108 valence electrons. The van der Waals surface area contributed by atoms with Crippen LogP contribution >= 0.6 is 11.6 Å². The first kappa shape index (κ1) is 14.9. The van der Waals surface area contributed by atoms with Gasteiger partial charge in [0.15, 0.2) is 0 Å². The molecule has 2 heterocycles. The van der Waals surface area contributed by atoms with E-state index in [9.17, 15) is 19.1 Å². The predicted molar refractivity (Wildman–Crippen MR) is 74.3 cm³/mol. The van der Waals surface area contributed by atoms with Gasteiger partial charge in [0.25, 0.3) is 11.6 Å². The second-order valence-electron chi connectivity index (χ2n) is 4.38. The van der Waals surface area contributed by atoms with E-state index in [0.29, 0.717) is 24.3 Å². The lowest BCUT2D eigenvalue weighted by atomic mass is 10.1. The smallest absolute Gasteiger partial charge is 0.288 e. The van der Waals surface area contributed by atoms with E-state index in [1.807, 2.05) is 0 Å². The van der Waals surface area contributed by atoms with E-state index in [1.54, 1.807) is 0 Å². The van der Waals surface area contributed by atoms with Gasteiger partial charge in [-0.2, -0.15) is 0 Å². The number of hydrogen-bond acceptors (Lipinski definition) is 5. The summed E-state index contributed by atoms with van der Waals surface area (Å²) in [5.41, 5.74) is -0.308. The molecule has 20 heavy (non-hydrogen) atoms. The molecule has 1 N–H and O–H groups in total. The second kappa shape index (κ2) is 6.27. The molecule has 0 bridgehead atoms. The maximum atomic E-state index is 12.1. The van der Waals surface area contributed by atoms with Crippen molar-refractivity contribution in [1.29, 1.82) is 0 Å². The van der Waals surface area contributed by atoms with Crippen molar-refractivity contribution < 1.29 is 13.9 Å². The fourth-order valence-corrected chi connectivity index (χ4v) is 3.39. The van der Waals surface area contributed by atoms with Crippen LogP contribution in [0.2, 0.25) is 5.15 Å². The molecule has 1 fully saturated rings. The van der Waals surface area contributed by atoms with Crippen molar-refractivity contribution in [2.24, 2.45) is 0 Å². The molecule has 7 nitrogen and oxygen atoms in total. The Bertz CT molecular complexity index is 571. The number of nitrogens with one attached hydrogen (secondary N) is 1. The molecule has 0 atom stereocenters. The minimum atomic E-state index is -0.813. The summed E-state index contributed by atoms with van der Waals surface area (Å²) in [5, 5.41) is 13.3. The Balaban J connectivity index is 2.10. The third-order valence-electron chi connectivity index (χ3n) is 3.00. The van der Waals surface area contributed by atoms with Gasteiger partial charge >= 0.3 is 0 Å². The molecule has 0 saturated carbocycles. The zero-order valence-corrected chi connectivity index (χ0v) is 11.9. The fraction of sp³-hybridized carbons (Fsp3) is 0.455. The van der Waals surface area contributed by atoms with Gasteiger partial charge in [-0.1, -0.05) is 11.6 Å². The van der Waals surface area contributed by atoms with E-state index in [-0.39, 0.29) is 22.4 Å². The monoisotopic (exact) mass is 317 g/mol. The Morgan fingerprint density at radius 1 is 1.50 bits per heavy atom. The quantitative estimate of drug-likeness (QED) is 0.514. The summed E-state index contributed by atoms with van der Waals surface area (Å²) < 4.78 is 11.2. The van der Waals surface area contributed by atoms with Crippen LogP contribution in [0.5, 0.6) is 0 Å². The Morgan fingerprint density at radius 2 is 2.15 bits per heavy atom. The number of halogens is 1. The Kier molecular flexibility index (Phi) is 4.66. The summed E-state index contributed by atoms with van der Waals surface area (Å²) >= 11 is 5.79. The van der Waals surface area contributed by atoms with Crippen molar-refractivity contribution in [3.05, 3.63) is 33.1 Å². The molecular formula is C11H12ClN3O4S. The summed E-state index contributed by atoms with van der Waals surface area (Å²) in [7, 11) is -0.813. The van der Waals surface area contributed by atoms with Gasteiger partial charge < -0.3 is 5.32 Å². The van der Waals surface area contributed by atoms with Crippen LogP contribution in [0.25, 0.3) is 0 Å². The van der Waals surface area contributed by atoms with Crippen molar-refractivity contribution >= 4 is 34.0 Å². The van der Waals surface area contributed by atoms with Gasteiger partial charge in [0.1, 0.15) is 11.3 Å². The van der Waals surface area contributed by atoms with Gasteiger partial charge in [0, 0.05) is 34.4 Å². The van der Waals surface area contributed by atoms with Crippen LogP contribution in [-0.4, -0.2) is 37.6 Å². The summed E-state index contributed by atoms with van der Waals surface area (Å²) in [4.78, 5) is 25.7. The number of nitro groups is 1. The van der Waals surface area contributed by atoms with Gasteiger partial charge in [-0.25, -0.2) is 4.98 Å². The summed E-state index contributed by atoms with van der Waals surface area (Å²) in [6.07, 6.45) is 2.25. The molecule has 2 rings (SSSR count). The summed E-state index contributed by atoms with van der Waals surface area (Å²) in [5.74, 6) is 0.599. The number of hydrogen-bond donors (Lipinski definition) is 1. The lowest BCUT2D eigenvalue weighted by molar-refractivity contribution is -0.385. The lowest BCUT2D eigenvalue weighted by Crippen LogP contribution is -2.39. The van der Waals surface area contributed by atoms with Crippen molar-refractivity contribution in [2.45, 2.75) is 18.9 Å². The van der Waals surface area contributed by atoms with E-state index < -0.39 is 21.6 Å². The van der Waals surface area contributed by atoms with Gasteiger partial charge in [0.2, 0.25) is 0 Å². The molecule has 1 aliphatic heterocycles. The highest BCUT2D eigenvalue weighted by Gasteiger charge is 2.23. The first-order valence-electron chi connectivity index (χ1n) is 5.93. The van der Waals surface area contributed by atoms with Crippen LogP contribution in [0.3, 0.4) is 0 Å². The zero-order chi connectivity index (χ0) is 14.7. The minimum absolute atomic E-state index is 0.0208. The number of aromatic nitrogens is 1. The Labute approximate surface area is 122 Å². The van der Waals surface area contributed by atoms with Crippen molar-refractivity contribution in [3.8, 4) is 0 Å². The predicted octanol–water partition coefficient (Wildman–Crippen LogP) is 1.28. The number of carbonyl (C=O) groups is 1. The van der Waals surface area contributed by atoms with Gasteiger partial charge in [-0.15, -0.1) is 0 Å². The van der Waals surface area contributed by atoms with E-state index in [1.165, 1.54) is 0 Å². The summed E-state index contributed by atoms with van der Waals surface area (Å²) in [6.45, 7) is 0. The fourth-order valence-electron chi connectivity index (χ4n) is 1.90. The molecule has 0 radical (unpaired) electrons. The maximum absolute atomic E-state index is 12.1. The standard InChI is InChI=1S/C11H12ClN3O4S/c12-10-9(5-8(6-13-10)15(17)18)11(16)14-7-1-3-20(19)4-2-7/h5-7H,1-4H2,(H,14,16). The van der Waals surface area contributed by atoms with Gasteiger partial charge in [-0.3, -0.25) is 19.1 Å². The third kappa shape index (κ3) is 3.51. The molecule has 0 unspecified atom stereocenters. The largest absolute Gasteiger partial charge is 0.349 e. The van der Waals surface area contributed by atoms with Crippen molar-refractivity contribution in [1.82, 2.24) is 10.3 Å². The third-order valence-corrected chi connectivity index (χ3v) is 4.69. The molecule has 0 aliphatic carbocycles. The second-order valence-corrected chi connectivity index (χ2v) is 6.44. The average Bonchev–Trinajstić information content (AvgIpc) is 2.41. The number of amides is 1. The van der Waals surface area contributed by atoms with Crippen molar-refractivity contribution in [2.75, 3.05) is 11.5 Å². The van der Waals surface area contributed by atoms with Crippen LogP contribution in [0, 0.1) is 10.1 Å². The highest BCUT2D eigenvalue weighted by atomic mass is 35.5. The topological polar surface area (TPSA) is 102 Å². The summed E-state index contributed by atoms with van der Waals surface area (Å²) in [6, 6.07) is 1.02. The number of carbonyl (C=O) groups excluding carboxylic acids is 1. The molecule has 1 amide bonds.